The molecule has 1 aromatic rings. The first-order valence-corrected chi connectivity index (χ1v) is 11.2. The van der Waals surface area contributed by atoms with Crippen LogP contribution in [0.15, 0.2) is 30.4 Å². The van der Waals surface area contributed by atoms with E-state index in [2.05, 4.69) is 29.5 Å². The predicted molar refractivity (Wildman–Crippen MR) is 109 cm³/mol. The molecule has 0 saturated heterocycles. The number of ketones is 1. The highest BCUT2D eigenvalue weighted by Crippen LogP contribution is 2.68. The van der Waals surface area contributed by atoms with Crippen molar-refractivity contribution in [3.63, 3.8) is 0 Å². The van der Waals surface area contributed by atoms with E-state index >= 15 is 0 Å². The summed E-state index contributed by atoms with van der Waals surface area (Å²) in [5, 5.41) is 10.2. The Kier molecular flexibility index (Phi) is 4.18. The number of rotatable bonds is 2. The van der Waals surface area contributed by atoms with Crippen molar-refractivity contribution in [2.75, 3.05) is 0 Å². The number of nitrogens with zero attached hydrogens (tertiary/aromatic N) is 2. The minimum Gasteiger partial charge on any atom is -0.393 e. The topological polar surface area (TPSA) is 55.1 Å². The second-order valence-electron chi connectivity index (χ2n) is 10.6. The van der Waals surface area contributed by atoms with E-state index in [4.69, 9.17) is 0 Å². The first-order chi connectivity index (χ1) is 13.3. The van der Waals surface area contributed by atoms with Gasteiger partial charge in [0.05, 0.1) is 12.4 Å². The highest BCUT2D eigenvalue weighted by atomic mass is 16.3. The number of hydrogen-bond donors (Lipinski definition) is 1. The van der Waals surface area contributed by atoms with E-state index in [1.165, 1.54) is 12.0 Å². The normalized spacial score (nSPS) is 47.6. The summed E-state index contributed by atoms with van der Waals surface area (Å²) in [6.45, 7) is 6.68. The number of carbonyl (C=O) groups is 1. The Balaban J connectivity index is 1.52. The van der Waals surface area contributed by atoms with Crippen LogP contribution in [0, 0.1) is 34.5 Å². The van der Waals surface area contributed by atoms with Crippen LogP contribution in [0.4, 0.5) is 0 Å². The van der Waals surface area contributed by atoms with Gasteiger partial charge in [-0.05, 0) is 80.5 Å². The molecule has 0 radical (unpaired) electrons. The Labute approximate surface area is 168 Å². The molecule has 1 aromatic heterocycles. The fourth-order valence-electron chi connectivity index (χ4n) is 8.15. The number of aromatic nitrogens is 2. The van der Waals surface area contributed by atoms with Crippen LogP contribution in [0.3, 0.4) is 0 Å². The molecule has 0 aliphatic heterocycles. The maximum Gasteiger partial charge on any atom is 0.135 e. The molecule has 3 saturated carbocycles. The highest BCUT2D eigenvalue weighted by molar-refractivity contribution is 5.80. The zero-order valence-electron chi connectivity index (χ0n) is 17.5. The fraction of sp³-hybridized carbons (Fsp3) is 0.750. The highest BCUT2D eigenvalue weighted by Gasteiger charge is 2.62. The fourth-order valence-corrected chi connectivity index (χ4v) is 8.15. The Morgan fingerprint density at radius 1 is 1.25 bits per heavy atom. The van der Waals surface area contributed by atoms with Gasteiger partial charge in [0.1, 0.15) is 5.78 Å². The van der Waals surface area contributed by atoms with Crippen LogP contribution in [-0.2, 0) is 4.79 Å². The smallest absolute Gasteiger partial charge is 0.135 e. The molecule has 152 valence electrons. The first kappa shape index (κ1) is 18.6. The molecular weight excluding hydrogens is 348 g/mol. The quantitative estimate of drug-likeness (QED) is 0.763. The third kappa shape index (κ3) is 2.46. The number of carbonyl (C=O) groups excluding carboxylic acids is 1. The van der Waals surface area contributed by atoms with Crippen LogP contribution in [-0.4, -0.2) is 26.5 Å². The molecule has 4 aliphatic carbocycles. The van der Waals surface area contributed by atoms with Crippen LogP contribution in [0.25, 0.3) is 0 Å². The van der Waals surface area contributed by atoms with Gasteiger partial charge in [-0.3, -0.25) is 4.79 Å². The van der Waals surface area contributed by atoms with E-state index in [9.17, 15) is 9.90 Å². The molecule has 1 heterocycles. The Bertz CT molecular complexity index is 800. The number of fused-ring (bicyclic) bond motifs is 5. The summed E-state index contributed by atoms with van der Waals surface area (Å²) in [5.41, 5.74) is 1.86. The second-order valence-corrected chi connectivity index (χ2v) is 10.6. The van der Waals surface area contributed by atoms with E-state index in [0.717, 1.165) is 38.5 Å². The van der Waals surface area contributed by atoms with Gasteiger partial charge in [-0.2, -0.15) is 0 Å². The largest absolute Gasteiger partial charge is 0.393 e. The van der Waals surface area contributed by atoms with Crippen molar-refractivity contribution in [2.45, 2.75) is 77.9 Å². The van der Waals surface area contributed by atoms with Crippen LogP contribution in [0.2, 0.25) is 0 Å². The Morgan fingerprint density at radius 3 is 2.79 bits per heavy atom. The van der Waals surface area contributed by atoms with Crippen LogP contribution in [0.5, 0.6) is 0 Å². The van der Waals surface area contributed by atoms with Gasteiger partial charge in [-0.15, -0.1) is 0 Å². The molecule has 4 nitrogen and oxygen atoms in total. The molecule has 0 aromatic carbocycles. The number of hydrogen-bond acceptors (Lipinski definition) is 3. The molecule has 0 spiro atoms. The molecule has 3 fully saturated rings. The van der Waals surface area contributed by atoms with Gasteiger partial charge in [-0.1, -0.05) is 25.5 Å². The molecule has 8 unspecified atom stereocenters. The third-order valence-electron chi connectivity index (χ3n) is 9.45. The van der Waals surface area contributed by atoms with Crippen molar-refractivity contribution >= 4 is 5.78 Å². The minimum absolute atomic E-state index is 0.0951. The SMILES string of the molecule is CC(=O)C1C(n2ccnc2)CC2C3CC=C4CC(O)CCC4(C)C3CCC21C. The first-order valence-electron chi connectivity index (χ1n) is 11.2. The monoisotopic (exact) mass is 382 g/mol. The molecule has 5 rings (SSSR count). The summed E-state index contributed by atoms with van der Waals surface area (Å²) in [6, 6.07) is 0.250. The number of Topliss-reactive ketones (excluding diaryl/α,β-unsaturated/α-hetero) is 1. The number of aliphatic hydroxyl groups excluding tert-OH is 1. The zero-order chi connectivity index (χ0) is 19.7. The summed E-state index contributed by atoms with van der Waals surface area (Å²) >= 11 is 0. The average Bonchev–Trinajstić information content (AvgIpc) is 3.27. The van der Waals surface area contributed by atoms with E-state index in [1.54, 1.807) is 6.92 Å². The molecule has 4 aliphatic rings. The van der Waals surface area contributed by atoms with Crippen LogP contribution >= 0.6 is 0 Å². The van der Waals surface area contributed by atoms with Crippen molar-refractivity contribution in [1.29, 1.82) is 0 Å². The molecule has 28 heavy (non-hydrogen) atoms. The molecule has 0 amide bonds. The van der Waals surface area contributed by atoms with Crippen LogP contribution < -0.4 is 0 Å². The van der Waals surface area contributed by atoms with Gasteiger partial charge in [0, 0.05) is 24.4 Å². The molecular formula is C24H34N2O2. The lowest BCUT2D eigenvalue weighted by Gasteiger charge is -2.57. The molecule has 4 heteroatoms. The summed E-state index contributed by atoms with van der Waals surface area (Å²) in [4.78, 5) is 17.1. The van der Waals surface area contributed by atoms with Gasteiger partial charge in [-0.25, -0.2) is 4.98 Å². The summed E-state index contributed by atoms with van der Waals surface area (Å²) in [5.74, 6) is 2.40. The standard InChI is InChI=1S/C24H34N2O2/c1-15(27)22-21(26-11-10-25-14-26)13-20-18-5-4-16-12-17(28)6-8-23(16,2)19(18)7-9-24(20,22)3/h4,10-11,14,17-22,28H,5-9,12-13H2,1-3H3. The van der Waals surface area contributed by atoms with Crippen molar-refractivity contribution in [1.82, 2.24) is 9.55 Å². The van der Waals surface area contributed by atoms with Gasteiger partial charge >= 0.3 is 0 Å². The average molecular weight is 383 g/mol. The number of aliphatic hydroxyl groups is 1. The Morgan fingerprint density at radius 2 is 2.07 bits per heavy atom. The van der Waals surface area contributed by atoms with E-state index in [0.29, 0.717) is 23.5 Å². The van der Waals surface area contributed by atoms with Gasteiger partial charge in [0.15, 0.2) is 0 Å². The van der Waals surface area contributed by atoms with Crippen molar-refractivity contribution in [2.24, 2.45) is 34.5 Å². The minimum atomic E-state index is -0.149. The van der Waals surface area contributed by atoms with Crippen molar-refractivity contribution < 1.29 is 9.90 Å². The zero-order valence-corrected chi connectivity index (χ0v) is 17.5. The summed E-state index contributed by atoms with van der Waals surface area (Å²) < 4.78 is 2.20. The Hall–Kier alpha value is -1.42. The second kappa shape index (κ2) is 6.29. The maximum absolute atomic E-state index is 12.8. The predicted octanol–water partition coefficient (Wildman–Crippen LogP) is 4.56. The lowest BCUT2D eigenvalue weighted by molar-refractivity contribution is -0.128. The maximum atomic E-state index is 12.8. The van der Waals surface area contributed by atoms with E-state index < -0.39 is 0 Å². The van der Waals surface area contributed by atoms with E-state index in [-0.39, 0.29) is 28.9 Å². The van der Waals surface area contributed by atoms with E-state index in [1.807, 2.05) is 18.7 Å². The van der Waals surface area contributed by atoms with Crippen LogP contribution in [0.1, 0.15) is 71.8 Å². The lowest BCUT2D eigenvalue weighted by atomic mass is 9.47. The van der Waals surface area contributed by atoms with Gasteiger partial charge < -0.3 is 9.67 Å². The third-order valence-corrected chi connectivity index (χ3v) is 9.45. The molecule has 0 bridgehead atoms. The van der Waals surface area contributed by atoms with Crippen molar-refractivity contribution in [3.8, 4) is 0 Å². The van der Waals surface area contributed by atoms with Gasteiger partial charge in [0.2, 0.25) is 0 Å². The summed E-state index contributed by atoms with van der Waals surface area (Å²) in [7, 11) is 0. The summed E-state index contributed by atoms with van der Waals surface area (Å²) in [6.07, 6.45) is 15.6. The number of imidazole rings is 1. The number of allylic oxidation sites excluding steroid dienone is 1. The van der Waals surface area contributed by atoms with Gasteiger partial charge in [0.25, 0.3) is 0 Å². The lowest BCUT2D eigenvalue weighted by Crippen LogP contribution is -2.51. The molecule has 8 atom stereocenters. The molecule has 1 N–H and O–H groups in total. The van der Waals surface area contributed by atoms with Crippen molar-refractivity contribution in [3.05, 3.63) is 30.4 Å².